The van der Waals surface area contributed by atoms with Crippen molar-refractivity contribution < 1.29 is 22.4 Å². The van der Waals surface area contributed by atoms with Crippen molar-refractivity contribution in [2.75, 3.05) is 5.32 Å². The van der Waals surface area contributed by atoms with Crippen LogP contribution in [0.25, 0.3) is 0 Å². The van der Waals surface area contributed by atoms with E-state index in [9.17, 15) is 22.4 Å². The monoisotopic (exact) mass is 409 g/mol. The van der Waals surface area contributed by atoms with E-state index in [2.05, 4.69) is 15.6 Å². The molecule has 3 aromatic rings. The lowest BCUT2D eigenvalue weighted by molar-refractivity contribution is -0.137. The summed E-state index contributed by atoms with van der Waals surface area (Å²) in [4.78, 5) is 16.2. The highest BCUT2D eigenvalue weighted by atomic mass is 32.1. The van der Waals surface area contributed by atoms with Crippen LogP contribution in [0.1, 0.15) is 16.8 Å². The van der Waals surface area contributed by atoms with Crippen LogP contribution in [-0.2, 0) is 23.9 Å². The summed E-state index contributed by atoms with van der Waals surface area (Å²) in [6.45, 7) is 0.262. The molecular weight excluding hydrogens is 394 g/mol. The fraction of sp³-hybridized carbons (Fsp3) is 0.158. The van der Waals surface area contributed by atoms with Crippen molar-refractivity contribution in [3.8, 4) is 0 Å². The maximum absolute atomic E-state index is 12.9. The lowest BCUT2D eigenvalue weighted by Crippen LogP contribution is -2.24. The van der Waals surface area contributed by atoms with Crippen LogP contribution in [0, 0.1) is 5.82 Å². The number of anilines is 2. The minimum Gasteiger partial charge on any atom is -0.352 e. The Morgan fingerprint density at radius 3 is 2.57 bits per heavy atom. The average molecular weight is 409 g/mol. The molecule has 2 N–H and O–H groups in total. The van der Waals surface area contributed by atoms with Gasteiger partial charge >= 0.3 is 6.18 Å². The standard InChI is InChI=1S/C19H15F4N3OS/c20-14-6-4-12(5-7-14)10-24-17(27)9-16-11-28-18(26-16)25-15-3-1-2-13(8-15)19(21,22)23/h1-8,11H,9-10H2,(H,24,27)(H,25,26). The van der Waals surface area contributed by atoms with Gasteiger partial charge in [-0.3, -0.25) is 4.79 Å². The zero-order chi connectivity index (χ0) is 20.1. The predicted molar refractivity (Wildman–Crippen MR) is 98.8 cm³/mol. The van der Waals surface area contributed by atoms with Gasteiger partial charge in [0.25, 0.3) is 0 Å². The van der Waals surface area contributed by atoms with Crippen molar-refractivity contribution in [3.05, 3.63) is 76.5 Å². The molecule has 0 aliphatic carbocycles. The molecule has 4 nitrogen and oxygen atoms in total. The molecule has 0 saturated carbocycles. The largest absolute Gasteiger partial charge is 0.416 e. The molecule has 0 aliphatic rings. The second-order valence-electron chi connectivity index (χ2n) is 5.93. The van der Waals surface area contributed by atoms with Crippen LogP contribution in [0.4, 0.5) is 28.4 Å². The first-order chi connectivity index (χ1) is 13.3. The van der Waals surface area contributed by atoms with Crippen molar-refractivity contribution in [2.45, 2.75) is 19.1 Å². The molecule has 9 heteroatoms. The summed E-state index contributed by atoms with van der Waals surface area (Å²) in [5.41, 5.74) is 0.766. The first-order valence-electron chi connectivity index (χ1n) is 8.19. The first-order valence-corrected chi connectivity index (χ1v) is 9.07. The molecule has 0 bridgehead atoms. The number of alkyl halides is 3. The second-order valence-corrected chi connectivity index (χ2v) is 6.79. The number of halogens is 4. The molecule has 1 aromatic heterocycles. The lowest BCUT2D eigenvalue weighted by Gasteiger charge is -2.09. The van der Waals surface area contributed by atoms with Crippen LogP contribution in [0.15, 0.2) is 53.9 Å². The topological polar surface area (TPSA) is 54.0 Å². The number of nitrogens with one attached hydrogen (secondary N) is 2. The van der Waals surface area contributed by atoms with Gasteiger partial charge in [-0.1, -0.05) is 18.2 Å². The van der Waals surface area contributed by atoms with E-state index in [4.69, 9.17) is 0 Å². The maximum Gasteiger partial charge on any atom is 0.416 e. The highest BCUT2D eigenvalue weighted by Gasteiger charge is 2.30. The van der Waals surface area contributed by atoms with Gasteiger partial charge in [0, 0.05) is 17.6 Å². The quantitative estimate of drug-likeness (QED) is 0.569. The van der Waals surface area contributed by atoms with Crippen LogP contribution in [0.2, 0.25) is 0 Å². The Morgan fingerprint density at radius 2 is 1.86 bits per heavy atom. The number of amides is 1. The van der Waals surface area contributed by atoms with Crippen LogP contribution in [0.5, 0.6) is 0 Å². The Labute approximate surface area is 162 Å². The van der Waals surface area contributed by atoms with Gasteiger partial charge in [-0.25, -0.2) is 9.37 Å². The third-order valence-electron chi connectivity index (χ3n) is 3.74. The molecule has 2 aromatic carbocycles. The molecule has 0 unspecified atom stereocenters. The summed E-state index contributed by atoms with van der Waals surface area (Å²) in [7, 11) is 0. The summed E-state index contributed by atoms with van der Waals surface area (Å²) in [6, 6.07) is 10.6. The number of carbonyl (C=O) groups is 1. The molecular formula is C19H15F4N3OS. The molecule has 0 aliphatic heterocycles. The molecule has 0 atom stereocenters. The number of hydrogen-bond acceptors (Lipinski definition) is 4. The summed E-state index contributed by atoms with van der Waals surface area (Å²) in [5.74, 6) is -0.612. The maximum atomic E-state index is 12.9. The summed E-state index contributed by atoms with van der Waals surface area (Å²) in [5, 5.41) is 7.57. The number of aromatic nitrogens is 1. The van der Waals surface area contributed by atoms with E-state index < -0.39 is 11.7 Å². The Balaban J connectivity index is 1.55. The molecule has 0 radical (unpaired) electrons. The molecule has 3 rings (SSSR count). The molecule has 0 saturated heterocycles. The molecule has 1 heterocycles. The number of carbonyl (C=O) groups excluding carboxylic acids is 1. The van der Waals surface area contributed by atoms with Gasteiger partial charge < -0.3 is 10.6 Å². The summed E-state index contributed by atoms with van der Waals surface area (Å²) < 4.78 is 51.2. The first kappa shape index (κ1) is 19.8. The van der Waals surface area contributed by atoms with Crippen molar-refractivity contribution in [2.24, 2.45) is 0 Å². The van der Waals surface area contributed by atoms with Gasteiger partial charge in [0.1, 0.15) is 5.82 Å². The molecule has 146 valence electrons. The SMILES string of the molecule is O=C(Cc1csc(Nc2cccc(C(F)(F)F)c2)n1)NCc1ccc(F)cc1. The van der Waals surface area contributed by atoms with E-state index >= 15 is 0 Å². The number of nitrogens with zero attached hydrogens (tertiary/aromatic N) is 1. The second kappa shape index (κ2) is 8.39. The molecule has 28 heavy (non-hydrogen) atoms. The van der Waals surface area contributed by atoms with E-state index in [-0.39, 0.29) is 30.4 Å². The van der Waals surface area contributed by atoms with Gasteiger partial charge in [-0.2, -0.15) is 13.2 Å². The number of thiazole rings is 1. The van der Waals surface area contributed by atoms with Gasteiger partial charge in [0.2, 0.25) is 5.91 Å². The Hall–Kier alpha value is -2.94. The number of hydrogen-bond donors (Lipinski definition) is 2. The van der Waals surface area contributed by atoms with E-state index in [1.54, 1.807) is 17.5 Å². The highest BCUT2D eigenvalue weighted by molar-refractivity contribution is 7.13. The lowest BCUT2D eigenvalue weighted by atomic mass is 10.2. The van der Waals surface area contributed by atoms with Crippen LogP contribution in [0.3, 0.4) is 0 Å². The van der Waals surface area contributed by atoms with E-state index in [0.717, 1.165) is 17.7 Å². The zero-order valence-electron chi connectivity index (χ0n) is 14.4. The fourth-order valence-corrected chi connectivity index (χ4v) is 3.10. The minimum absolute atomic E-state index is 0.0297. The van der Waals surface area contributed by atoms with Crippen molar-refractivity contribution in [3.63, 3.8) is 0 Å². The summed E-state index contributed by atoms with van der Waals surface area (Å²) >= 11 is 1.19. The Morgan fingerprint density at radius 1 is 1.11 bits per heavy atom. The van der Waals surface area contributed by atoms with Gasteiger partial charge in [-0.15, -0.1) is 11.3 Å². The minimum atomic E-state index is -4.42. The van der Waals surface area contributed by atoms with Gasteiger partial charge in [0.05, 0.1) is 17.7 Å². The highest BCUT2D eigenvalue weighted by Crippen LogP contribution is 2.31. The van der Waals surface area contributed by atoms with Crippen LogP contribution >= 0.6 is 11.3 Å². The van der Waals surface area contributed by atoms with Crippen LogP contribution in [-0.4, -0.2) is 10.9 Å². The smallest absolute Gasteiger partial charge is 0.352 e. The van der Waals surface area contributed by atoms with Crippen molar-refractivity contribution in [1.29, 1.82) is 0 Å². The van der Waals surface area contributed by atoms with E-state index in [0.29, 0.717) is 10.8 Å². The molecule has 0 fully saturated rings. The normalized spacial score (nSPS) is 11.3. The summed E-state index contributed by atoms with van der Waals surface area (Å²) in [6.07, 6.45) is -4.39. The fourth-order valence-electron chi connectivity index (χ4n) is 2.37. The average Bonchev–Trinajstić information content (AvgIpc) is 3.07. The number of rotatable bonds is 6. The molecule has 0 spiro atoms. The Bertz CT molecular complexity index is 954. The predicted octanol–water partition coefficient (Wildman–Crippen LogP) is 4.90. The third-order valence-corrected chi connectivity index (χ3v) is 4.54. The zero-order valence-corrected chi connectivity index (χ0v) is 15.2. The van der Waals surface area contributed by atoms with Crippen molar-refractivity contribution in [1.82, 2.24) is 10.3 Å². The van der Waals surface area contributed by atoms with Gasteiger partial charge in [0.15, 0.2) is 5.13 Å². The third kappa shape index (κ3) is 5.53. The van der Waals surface area contributed by atoms with Gasteiger partial charge in [-0.05, 0) is 35.9 Å². The number of benzene rings is 2. The van der Waals surface area contributed by atoms with E-state index in [1.165, 1.54) is 35.6 Å². The Kier molecular flexibility index (Phi) is 5.93. The molecule has 1 amide bonds. The van der Waals surface area contributed by atoms with Crippen molar-refractivity contribution >= 4 is 28.1 Å². The van der Waals surface area contributed by atoms with E-state index in [1.807, 2.05) is 0 Å². The van der Waals surface area contributed by atoms with Crippen LogP contribution < -0.4 is 10.6 Å².